The SMILES string of the molecule is Cc1cc(Nc2ncc(Cl)c(Nc3ccccc3S(=O)(=O)C(C)C)n2)c(OC(C)C)cc1N1CCC(N2CCN(Cc3ccc4c(c3F)CN(C3CCC(C(=O)C=O)NC3)C4=O)CC2)CC1. The van der Waals surface area contributed by atoms with E-state index in [-0.39, 0.29) is 52.1 Å². The molecule has 3 aromatic carbocycles. The summed E-state index contributed by atoms with van der Waals surface area (Å²) in [5, 5.41) is 9.14. The number of piperazine rings is 1. The van der Waals surface area contributed by atoms with Gasteiger partial charge < -0.3 is 30.5 Å². The number of nitrogens with one attached hydrogen (secondary N) is 3. The van der Waals surface area contributed by atoms with Gasteiger partial charge in [-0.25, -0.2) is 17.8 Å². The second kappa shape index (κ2) is 20.0. The summed E-state index contributed by atoms with van der Waals surface area (Å²) in [7, 11) is -3.59. The lowest BCUT2D eigenvalue weighted by molar-refractivity contribution is -0.131. The highest BCUT2D eigenvalue weighted by Crippen LogP contribution is 2.38. The minimum absolute atomic E-state index is 0.106. The number of hydrogen-bond donors (Lipinski definition) is 3. The van der Waals surface area contributed by atoms with Crippen molar-refractivity contribution in [2.24, 2.45) is 0 Å². The highest BCUT2D eigenvalue weighted by molar-refractivity contribution is 7.92. The molecular weight excluding hydrogens is 885 g/mol. The van der Waals surface area contributed by atoms with Gasteiger partial charge in [-0.3, -0.25) is 24.2 Å². The smallest absolute Gasteiger partial charge is 0.254 e. The Bertz CT molecular complexity index is 2580. The number of aryl methyl sites for hydroxylation is 1. The summed E-state index contributed by atoms with van der Waals surface area (Å²) in [5.74, 6) is 0.188. The van der Waals surface area contributed by atoms with Crippen molar-refractivity contribution in [1.29, 1.82) is 0 Å². The van der Waals surface area contributed by atoms with Gasteiger partial charge in [0.25, 0.3) is 5.91 Å². The van der Waals surface area contributed by atoms with Gasteiger partial charge in [-0.2, -0.15) is 4.98 Å². The van der Waals surface area contributed by atoms with E-state index in [4.69, 9.17) is 16.3 Å². The van der Waals surface area contributed by atoms with Crippen LogP contribution in [0.3, 0.4) is 0 Å². The summed E-state index contributed by atoms with van der Waals surface area (Å²) in [5.41, 5.74) is 4.66. The molecule has 3 saturated heterocycles. The van der Waals surface area contributed by atoms with E-state index in [0.29, 0.717) is 72.1 Å². The standard InChI is InChI=1S/C48H59ClFN9O6S/c1-29(2)65-43-23-41(31(5)22-40(43)54-48-52-25-37(49)46(55-48)53-39-8-6-7-9-44(39)66(63,64)30(3)4)58-16-14-33(15-17-58)57-20-18-56(19-21-57)26-32-10-12-35-36(45(32)50)27-59(47(35)62)34-11-13-38(51-24-34)42(61)28-60/h6-10,12,22-23,25,28-30,33-34,38,51H,11,13-21,24,26-27H2,1-5H3,(H2,52,53,54,55). The van der Waals surface area contributed by atoms with Crippen LogP contribution in [-0.4, -0.2) is 126 Å². The number of fused-ring (bicyclic) bond motifs is 1. The molecule has 4 aliphatic heterocycles. The number of aromatic nitrogens is 2. The Morgan fingerprint density at radius 3 is 2.39 bits per heavy atom. The minimum atomic E-state index is -3.59. The molecule has 2 atom stereocenters. The fraction of sp³-hybridized carbons (Fsp3) is 0.479. The zero-order valence-electron chi connectivity index (χ0n) is 38.1. The second-order valence-corrected chi connectivity index (χ2v) is 21.2. The summed E-state index contributed by atoms with van der Waals surface area (Å²) in [6.45, 7) is 15.6. The number of carbonyl (C=O) groups excluding carboxylic acids is 3. The average Bonchev–Trinajstić information content (AvgIpc) is 3.65. The summed E-state index contributed by atoms with van der Waals surface area (Å²) >= 11 is 6.53. The molecule has 4 aliphatic rings. The van der Waals surface area contributed by atoms with E-state index in [0.717, 1.165) is 63.4 Å². The van der Waals surface area contributed by atoms with Gasteiger partial charge in [0, 0.05) is 92.9 Å². The number of para-hydroxylation sites is 1. The number of nitrogens with zero attached hydrogens (tertiary/aromatic N) is 6. The number of benzene rings is 3. The summed E-state index contributed by atoms with van der Waals surface area (Å²) in [6.07, 6.45) is 4.74. The zero-order valence-corrected chi connectivity index (χ0v) is 39.7. The maximum Gasteiger partial charge on any atom is 0.254 e. The Labute approximate surface area is 391 Å². The quantitative estimate of drug-likeness (QED) is 0.0854. The Kier molecular flexibility index (Phi) is 14.3. The topological polar surface area (TPSA) is 169 Å². The molecule has 0 spiro atoms. The lowest BCUT2D eigenvalue weighted by Gasteiger charge is -2.43. The number of Topliss-reactive ketones (excluding diaryl/α,β-unsaturated/α-hetero) is 1. The number of hydrogen-bond acceptors (Lipinski definition) is 14. The molecule has 1 amide bonds. The maximum atomic E-state index is 16.0. The van der Waals surface area contributed by atoms with E-state index in [1.807, 2.05) is 19.9 Å². The lowest BCUT2D eigenvalue weighted by atomic mass is 9.97. The number of piperidine rings is 2. The van der Waals surface area contributed by atoms with E-state index in [1.165, 1.54) is 6.20 Å². The molecule has 15 nitrogen and oxygen atoms in total. The van der Waals surface area contributed by atoms with Gasteiger partial charge in [0.05, 0.1) is 46.4 Å². The van der Waals surface area contributed by atoms with Crippen LogP contribution in [0.2, 0.25) is 5.02 Å². The Hall–Kier alpha value is -5.20. The molecule has 0 aliphatic carbocycles. The van der Waals surface area contributed by atoms with Crippen LogP contribution >= 0.6 is 11.6 Å². The van der Waals surface area contributed by atoms with Crippen molar-refractivity contribution < 1.29 is 31.9 Å². The molecule has 66 heavy (non-hydrogen) atoms. The Morgan fingerprint density at radius 2 is 1.71 bits per heavy atom. The number of carbonyl (C=O) groups is 3. The number of aldehydes is 1. The molecule has 1 aromatic heterocycles. The highest BCUT2D eigenvalue weighted by atomic mass is 35.5. The van der Waals surface area contributed by atoms with Crippen LogP contribution in [0.25, 0.3) is 0 Å². The van der Waals surface area contributed by atoms with Crippen LogP contribution in [0, 0.1) is 12.7 Å². The number of ketones is 1. The zero-order chi connectivity index (χ0) is 46.9. The molecular formula is C48H59ClFN9O6S. The van der Waals surface area contributed by atoms with E-state index in [1.54, 1.807) is 55.1 Å². The normalized spacial score (nSPS) is 19.9. The van der Waals surface area contributed by atoms with Crippen LogP contribution in [0.5, 0.6) is 5.75 Å². The number of amides is 1. The van der Waals surface area contributed by atoms with Crippen LogP contribution in [0.1, 0.15) is 80.4 Å². The van der Waals surface area contributed by atoms with Crippen molar-refractivity contribution in [3.8, 4) is 5.75 Å². The molecule has 3 N–H and O–H groups in total. The third-order valence-electron chi connectivity index (χ3n) is 13.3. The lowest BCUT2D eigenvalue weighted by Crippen LogP contribution is -2.53. The van der Waals surface area contributed by atoms with Crippen LogP contribution in [0.4, 0.5) is 33.2 Å². The summed E-state index contributed by atoms with van der Waals surface area (Å²) in [6, 6.07) is 14.1. The van der Waals surface area contributed by atoms with Crippen molar-refractivity contribution in [3.05, 3.63) is 87.8 Å². The third-order valence-corrected chi connectivity index (χ3v) is 15.8. The number of rotatable bonds is 15. The monoisotopic (exact) mass is 943 g/mol. The van der Waals surface area contributed by atoms with E-state index in [2.05, 4.69) is 53.6 Å². The molecule has 4 aromatic rings. The first-order valence-electron chi connectivity index (χ1n) is 22.9. The first-order valence-corrected chi connectivity index (χ1v) is 24.8. The maximum absolute atomic E-state index is 16.0. The number of anilines is 5. The van der Waals surface area contributed by atoms with Gasteiger partial charge in [-0.05, 0) is 90.1 Å². The summed E-state index contributed by atoms with van der Waals surface area (Å²) < 4.78 is 48.6. The third kappa shape index (κ3) is 10.1. The molecule has 18 heteroatoms. The second-order valence-electron chi connectivity index (χ2n) is 18.3. The van der Waals surface area contributed by atoms with E-state index in [9.17, 15) is 22.8 Å². The molecule has 8 rings (SSSR count). The Morgan fingerprint density at radius 1 is 0.970 bits per heavy atom. The molecule has 0 radical (unpaired) electrons. The van der Waals surface area contributed by atoms with Gasteiger partial charge in [-0.15, -0.1) is 0 Å². The molecule has 5 heterocycles. The van der Waals surface area contributed by atoms with Gasteiger partial charge in [0.2, 0.25) is 11.7 Å². The summed E-state index contributed by atoms with van der Waals surface area (Å²) in [4.78, 5) is 54.3. The number of ether oxygens (including phenoxy) is 1. The number of halogens is 2. The van der Waals surface area contributed by atoms with Crippen molar-refractivity contribution in [3.63, 3.8) is 0 Å². The van der Waals surface area contributed by atoms with Gasteiger partial charge in [0.15, 0.2) is 21.9 Å². The van der Waals surface area contributed by atoms with E-state index < -0.39 is 26.9 Å². The molecule has 352 valence electrons. The van der Waals surface area contributed by atoms with Crippen LogP contribution in [0.15, 0.2) is 59.6 Å². The van der Waals surface area contributed by atoms with Gasteiger partial charge >= 0.3 is 0 Å². The fourth-order valence-corrected chi connectivity index (χ4v) is 10.9. The highest BCUT2D eigenvalue weighted by Gasteiger charge is 2.38. The molecule has 0 saturated carbocycles. The first-order chi connectivity index (χ1) is 31.6. The van der Waals surface area contributed by atoms with Gasteiger partial charge in [0.1, 0.15) is 16.6 Å². The minimum Gasteiger partial charge on any atom is -0.489 e. The van der Waals surface area contributed by atoms with Crippen LogP contribution < -0.4 is 25.6 Å². The van der Waals surface area contributed by atoms with E-state index >= 15 is 4.39 Å². The first kappa shape index (κ1) is 47.3. The molecule has 3 fully saturated rings. The van der Waals surface area contributed by atoms with Crippen molar-refractivity contribution in [2.45, 2.75) is 108 Å². The fourth-order valence-electron chi connectivity index (χ4n) is 9.57. The predicted molar refractivity (Wildman–Crippen MR) is 254 cm³/mol. The van der Waals surface area contributed by atoms with Crippen LogP contribution in [-0.2, 0) is 32.5 Å². The van der Waals surface area contributed by atoms with Crippen molar-refractivity contribution in [1.82, 2.24) is 30.0 Å². The predicted octanol–water partition coefficient (Wildman–Crippen LogP) is 6.67. The Balaban J connectivity index is 0.863. The average molecular weight is 945 g/mol. The van der Waals surface area contributed by atoms with Crippen molar-refractivity contribution >= 4 is 68.2 Å². The molecule has 2 unspecified atom stereocenters. The largest absolute Gasteiger partial charge is 0.489 e. The van der Waals surface area contributed by atoms with Gasteiger partial charge in [-0.1, -0.05) is 29.8 Å². The van der Waals surface area contributed by atoms with Crippen molar-refractivity contribution in [2.75, 3.05) is 61.3 Å². The number of sulfone groups is 1. The molecule has 0 bridgehead atoms.